The zero-order chi connectivity index (χ0) is 22.9. The molecular formula is C21H18Cl2FN3O3S2. The van der Waals surface area contributed by atoms with Crippen LogP contribution in [-0.2, 0) is 14.8 Å². The molecule has 1 N–H and O–H groups in total. The van der Waals surface area contributed by atoms with Crippen LogP contribution in [0.2, 0.25) is 10.0 Å². The maximum atomic E-state index is 13.2. The molecule has 32 heavy (non-hydrogen) atoms. The van der Waals surface area contributed by atoms with Crippen LogP contribution in [0.4, 0.5) is 9.52 Å². The minimum absolute atomic E-state index is 0.00569. The summed E-state index contributed by atoms with van der Waals surface area (Å²) in [5.74, 6) is -1.32. The Labute approximate surface area is 199 Å². The van der Waals surface area contributed by atoms with E-state index in [0.29, 0.717) is 40.3 Å². The molecule has 0 bridgehead atoms. The van der Waals surface area contributed by atoms with Gasteiger partial charge < -0.3 is 5.32 Å². The first-order chi connectivity index (χ1) is 15.2. The lowest BCUT2D eigenvalue weighted by molar-refractivity contribution is -0.120. The third-order valence-electron chi connectivity index (χ3n) is 5.16. The molecule has 0 spiro atoms. The summed E-state index contributed by atoms with van der Waals surface area (Å²) >= 11 is 13.3. The largest absolute Gasteiger partial charge is 0.302 e. The first-order valence-electron chi connectivity index (χ1n) is 9.71. The average molecular weight is 514 g/mol. The van der Waals surface area contributed by atoms with Crippen molar-refractivity contribution in [2.75, 3.05) is 18.4 Å². The van der Waals surface area contributed by atoms with Gasteiger partial charge in [-0.05, 0) is 49.2 Å². The van der Waals surface area contributed by atoms with Crippen molar-refractivity contribution in [3.05, 3.63) is 63.7 Å². The number of anilines is 1. The average Bonchev–Trinajstić information content (AvgIpc) is 3.24. The van der Waals surface area contributed by atoms with Gasteiger partial charge in [0.25, 0.3) is 0 Å². The molecule has 2 heterocycles. The number of carbonyl (C=O) groups is 1. The summed E-state index contributed by atoms with van der Waals surface area (Å²) < 4.78 is 40.2. The van der Waals surface area contributed by atoms with Crippen molar-refractivity contribution >= 4 is 55.6 Å². The number of nitrogens with one attached hydrogen (secondary N) is 1. The van der Waals surface area contributed by atoms with Crippen LogP contribution >= 0.6 is 34.5 Å². The molecular weight excluding hydrogens is 496 g/mol. The fourth-order valence-electron chi connectivity index (χ4n) is 3.46. The number of thiazole rings is 1. The number of halogens is 3. The smallest absolute Gasteiger partial charge is 0.243 e. The number of aromatic nitrogens is 1. The second-order valence-corrected chi connectivity index (χ2v) is 10.9. The van der Waals surface area contributed by atoms with Crippen molar-refractivity contribution in [1.82, 2.24) is 9.29 Å². The van der Waals surface area contributed by atoms with Crippen LogP contribution in [0.5, 0.6) is 0 Å². The third kappa shape index (κ3) is 4.97. The summed E-state index contributed by atoms with van der Waals surface area (Å²) in [6.45, 7) is 0.360. The summed E-state index contributed by atoms with van der Waals surface area (Å²) in [7, 11) is -3.81. The van der Waals surface area contributed by atoms with Gasteiger partial charge in [-0.2, -0.15) is 4.31 Å². The molecule has 0 aliphatic carbocycles. The second kappa shape index (κ2) is 9.44. The lowest BCUT2D eigenvalue weighted by Crippen LogP contribution is -2.43. The predicted octanol–water partition coefficient (Wildman–Crippen LogP) is 5.30. The Morgan fingerprint density at radius 1 is 1.16 bits per heavy atom. The number of sulfonamides is 1. The van der Waals surface area contributed by atoms with Crippen molar-refractivity contribution in [2.45, 2.75) is 17.7 Å². The Kier molecular flexibility index (Phi) is 6.83. The van der Waals surface area contributed by atoms with Gasteiger partial charge in [-0.1, -0.05) is 29.3 Å². The molecule has 0 radical (unpaired) electrons. The van der Waals surface area contributed by atoms with Gasteiger partial charge in [0, 0.05) is 24.0 Å². The minimum Gasteiger partial charge on any atom is -0.302 e. The molecule has 1 aliphatic heterocycles. The summed E-state index contributed by atoms with van der Waals surface area (Å²) in [5, 5.41) is 5.84. The topological polar surface area (TPSA) is 79.4 Å². The Balaban J connectivity index is 1.44. The number of piperidine rings is 1. The molecule has 1 fully saturated rings. The number of amides is 1. The van der Waals surface area contributed by atoms with E-state index in [1.54, 1.807) is 23.6 Å². The molecule has 2 aromatic carbocycles. The summed E-state index contributed by atoms with van der Waals surface area (Å²) in [6, 6.07) is 9.83. The molecule has 1 aromatic heterocycles. The van der Waals surface area contributed by atoms with Crippen LogP contribution in [0.1, 0.15) is 12.8 Å². The summed E-state index contributed by atoms with van der Waals surface area (Å²) in [5.41, 5.74) is 1.42. The van der Waals surface area contributed by atoms with Gasteiger partial charge in [0.1, 0.15) is 5.82 Å². The van der Waals surface area contributed by atoms with Crippen molar-refractivity contribution in [2.24, 2.45) is 5.92 Å². The van der Waals surface area contributed by atoms with E-state index in [-0.39, 0.29) is 17.3 Å². The molecule has 168 valence electrons. The highest BCUT2D eigenvalue weighted by Crippen LogP contribution is 2.31. The number of rotatable bonds is 5. The normalized spacial score (nSPS) is 17.3. The minimum atomic E-state index is -3.81. The first kappa shape index (κ1) is 23.1. The Morgan fingerprint density at radius 2 is 1.91 bits per heavy atom. The lowest BCUT2D eigenvalue weighted by Gasteiger charge is -2.31. The van der Waals surface area contributed by atoms with E-state index in [9.17, 15) is 17.6 Å². The van der Waals surface area contributed by atoms with Gasteiger partial charge in [-0.3, -0.25) is 4.79 Å². The predicted molar refractivity (Wildman–Crippen MR) is 124 cm³/mol. The van der Waals surface area contributed by atoms with E-state index in [0.717, 1.165) is 17.7 Å². The van der Waals surface area contributed by atoms with Crippen molar-refractivity contribution < 1.29 is 17.6 Å². The Morgan fingerprint density at radius 3 is 2.62 bits per heavy atom. The van der Waals surface area contributed by atoms with E-state index in [1.165, 1.54) is 27.8 Å². The van der Waals surface area contributed by atoms with Crippen LogP contribution in [0.15, 0.2) is 52.7 Å². The fraction of sp³-hybridized carbons (Fsp3) is 0.238. The number of nitrogens with zero attached hydrogens (tertiary/aromatic N) is 2. The van der Waals surface area contributed by atoms with Crippen molar-refractivity contribution in [3.8, 4) is 11.3 Å². The highest BCUT2D eigenvalue weighted by Gasteiger charge is 2.33. The Hall–Kier alpha value is -2.04. The number of carbonyl (C=O) groups excluding carboxylic acids is 1. The van der Waals surface area contributed by atoms with E-state index in [2.05, 4.69) is 10.3 Å². The molecule has 1 aliphatic rings. The van der Waals surface area contributed by atoms with Gasteiger partial charge in [-0.25, -0.2) is 17.8 Å². The number of hydrogen-bond acceptors (Lipinski definition) is 5. The fourth-order valence-corrected chi connectivity index (χ4v) is 6.00. The number of hydrogen-bond donors (Lipinski definition) is 1. The monoisotopic (exact) mass is 513 g/mol. The van der Waals surface area contributed by atoms with E-state index in [1.807, 2.05) is 0 Å². The molecule has 6 nitrogen and oxygen atoms in total. The standard InChI is InChI=1S/C21H18Cl2FN3O3S2/c22-17-8-3-13(10-18(17)23)19-12-31-21(25-19)26-20(28)14-2-1-9-27(11-14)32(29,30)16-6-4-15(24)5-7-16/h3-8,10,12,14H,1-2,9,11H2,(H,25,26,28). The molecule has 11 heteroatoms. The van der Waals surface area contributed by atoms with Gasteiger partial charge in [0.05, 0.1) is 26.6 Å². The SMILES string of the molecule is O=C(Nc1nc(-c2ccc(Cl)c(Cl)c2)cs1)C1CCCN(S(=O)(=O)c2ccc(F)cc2)C1. The van der Waals surface area contributed by atoms with Crippen LogP contribution in [0.3, 0.4) is 0 Å². The van der Waals surface area contributed by atoms with Gasteiger partial charge in [0.15, 0.2) is 5.13 Å². The maximum absolute atomic E-state index is 13.2. The first-order valence-corrected chi connectivity index (χ1v) is 12.8. The van der Waals surface area contributed by atoms with Gasteiger partial charge in [0.2, 0.25) is 15.9 Å². The third-order valence-corrected chi connectivity index (χ3v) is 8.53. The second-order valence-electron chi connectivity index (χ2n) is 7.31. The molecule has 1 atom stereocenters. The van der Waals surface area contributed by atoms with Crippen LogP contribution in [0.25, 0.3) is 11.3 Å². The van der Waals surface area contributed by atoms with Gasteiger partial charge in [-0.15, -0.1) is 11.3 Å². The van der Waals surface area contributed by atoms with Crippen LogP contribution in [-0.4, -0.2) is 36.7 Å². The highest BCUT2D eigenvalue weighted by molar-refractivity contribution is 7.89. The van der Waals surface area contributed by atoms with E-state index in [4.69, 9.17) is 23.2 Å². The molecule has 3 aromatic rings. The zero-order valence-electron chi connectivity index (χ0n) is 16.6. The van der Waals surface area contributed by atoms with Gasteiger partial charge >= 0.3 is 0 Å². The summed E-state index contributed by atoms with van der Waals surface area (Å²) in [6.07, 6.45) is 1.11. The Bertz CT molecular complexity index is 1250. The lowest BCUT2D eigenvalue weighted by atomic mass is 9.99. The molecule has 0 saturated carbocycles. The van der Waals surface area contributed by atoms with Crippen LogP contribution < -0.4 is 5.32 Å². The van der Waals surface area contributed by atoms with Crippen molar-refractivity contribution in [1.29, 1.82) is 0 Å². The molecule has 1 saturated heterocycles. The van der Waals surface area contributed by atoms with Crippen LogP contribution in [0, 0.1) is 11.7 Å². The quantitative estimate of drug-likeness (QED) is 0.502. The molecule has 4 rings (SSSR count). The van der Waals surface area contributed by atoms with E-state index < -0.39 is 21.8 Å². The zero-order valence-corrected chi connectivity index (χ0v) is 19.7. The van der Waals surface area contributed by atoms with E-state index >= 15 is 0 Å². The molecule has 1 unspecified atom stereocenters. The van der Waals surface area contributed by atoms with Crippen molar-refractivity contribution in [3.63, 3.8) is 0 Å². The summed E-state index contributed by atoms with van der Waals surface area (Å²) in [4.78, 5) is 17.2. The number of benzene rings is 2. The maximum Gasteiger partial charge on any atom is 0.243 e. The highest BCUT2D eigenvalue weighted by atomic mass is 35.5. The molecule has 1 amide bonds.